The normalized spacial score (nSPS) is 48.0. The summed E-state index contributed by atoms with van der Waals surface area (Å²) >= 11 is 3.62. The van der Waals surface area contributed by atoms with E-state index in [1.165, 1.54) is 24.6 Å². The Morgan fingerprint density at radius 2 is 2.27 bits per heavy atom. The average molecular weight is 217 g/mol. The molecule has 0 nitrogen and oxygen atoms in total. The molecule has 3 atom stereocenters. The summed E-state index contributed by atoms with van der Waals surface area (Å²) in [6.07, 6.45) is 4.51. The summed E-state index contributed by atoms with van der Waals surface area (Å²) in [5.74, 6) is 3.02. The van der Waals surface area contributed by atoms with Gasteiger partial charge in [0.2, 0.25) is 0 Å². The fraction of sp³-hybridized carbons (Fsp3) is 1.00. The molecule has 0 amide bonds. The fourth-order valence-electron chi connectivity index (χ4n) is 3.07. The summed E-state index contributed by atoms with van der Waals surface area (Å²) in [5.41, 5.74) is 0.804. The molecule has 0 spiro atoms. The quantitative estimate of drug-likeness (QED) is 0.621. The summed E-state index contributed by atoms with van der Waals surface area (Å²) in [5, 5.41) is 1.24. The van der Waals surface area contributed by atoms with Gasteiger partial charge in [0.25, 0.3) is 0 Å². The molecule has 3 unspecified atom stereocenters. The van der Waals surface area contributed by atoms with E-state index in [0.717, 1.165) is 23.2 Å². The number of alkyl halides is 1. The predicted molar refractivity (Wildman–Crippen MR) is 51.9 cm³/mol. The van der Waals surface area contributed by atoms with E-state index in [2.05, 4.69) is 29.8 Å². The molecule has 0 heterocycles. The van der Waals surface area contributed by atoms with Crippen LogP contribution in [-0.4, -0.2) is 5.33 Å². The summed E-state index contributed by atoms with van der Waals surface area (Å²) in [4.78, 5) is 0. The monoisotopic (exact) mass is 216 g/mol. The number of hydrogen-bond donors (Lipinski definition) is 0. The van der Waals surface area contributed by atoms with Gasteiger partial charge < -0.3 is 0 Å². The lowest BCUT2D eigenvalue weighted by atomic mass is 9.90. The summed E-state index contributed by atoms with van der Waals surface area (Å²) < 4.78 is 0. The molecule has 2 aliphatic carbocycles. The first-order chi connectivity index (χ1) is 5.20. The molecule has 0 aliphatic heterocycles. The zero-order chi connectivity index (χ0) is 8.06. The number of halogens is 1. The van der Waals surface area contributed by atoms with Crippen LogP contribution in [0.1, 0.15) is 33.1 Å². The van der Waals surface area contributed by atoms with Crippen molar-refractivity contribution in [2.24, 2.45) is 23.2 Å². The van der Waals surface area contributed by atoms with Crippen LogP contribution >= 0.6 is 15.9 Å². The third kappa shape index (κ3) is 0.998. The van der Waals surface area contributed by atoms with E-state index in [-0.39, 0.29) is 0 Å². The second kappa shape index (κ2) is 2.48. The lowest BCUT2D eigenvalue weighted by molar-refractivity contribution is 0.342. The maximum absolute atomic E-state index is 3.62. The van der Waals surface area contributed by atoms with Crippen LogP contribution in [0.25, 0.3) is 0 Å². The maximum atomic E-state index is 3.62. The standard InChI is InChI=1S/C10H17Br/c1-7(2)10-4-3-8(6-11)9(10)5-10/h7-9H,3-6H2,1-2H3. The highest BCUT2D eigenvalue weighted by atomic mass is 79.9. The molecule has 2 saturated carbocycles. The van der Waals surface area contributed by atoms with Gasteiger partial charge in [-0.15, -0.1) is 0 Å². The van der Waals surface area contributed by atoms with Gasteiger partial charge in [-0.25, -0.2) is 0 Å². The van der Waals surface area contributed by atoms with Gasteiger partial charge in [0, 0.05) is 5.33 Å². The van der Waals surface area contributed by atoms with Crippen molar-refractivity contribution in [1.29, 1.82) is 0 Å². The largest absolute Gasteiger partial charge is 0.0925 e. The number of rotatable bonds is 2. The average Bonchev–Trinajstić information content (AvgIpc) is 2.61. The van der Waals surface area contributed by atoms with Gasteiger partial charge in [0.05, 0.1) is 0 Å². The van der Waals surface area contributed by atoms with Gasteiger partial charge in [-0.3, -0.25) is 0 Å². The Morgan fingerprint density at radius 1 is 1.55 bits per heavy atom. The Labute approximate surface area is 77.9 Å². The first kappa shape index (κ1) is 8.10. The van der Waals surface area contributed by atoms with Crippen molar-refractivity contribution >= 4 is 15.9 Å². The molecule has 0 aromatic carbocycles. The van der Waals surface area contributed by atoms with Crippen LogP contribution < -0.4 is 0 Å². The van der Waals surface area contributed by atoms with E-state index in [1.54, 1.807) is 0 Å². The van der Waals surface area contributed by atoms with Crippen molar-refractivity contribution in [1.82, 2.24) is 0 Å². The minimum absolute atomic E-state index is 0.804. The molecule has 11 heavy (non-hydrogen) atoms. The second-order valence-electron chi connectivity index (χ2n) is 4.65. The Balaban J connectivity index is 2.04. The van der Waals surface area contributed by atoms with Crippen molar-refractivity contribution in [2.75, 3.05) is 5.33 Å². The highest BCUT2D eigenvalue weighted by molar-refractivity contribution is 9.09. The van der Waals surface area contributed by atoms with E-state index < -0.39 is 0 Å². The van der Waals surface area contributed by atoms with Gasteiger partial charge in [-0.2, -0.15) is 0 Å². The highest BCUT2D eigenvalue weighted by Crippen LogP contribution is 2.69. The first-order valence-corrected chi connectivity index (χ1v) is 5.89. The minimum Gasteiger partial charge on any atom is -0.0925 e. The Bertz CT molecular complexity index is 164. The van der Waals surface area contributed by atoms with E-state index in [4.69, 9.17) is 0 Å². The van der Waals surface area contributed by atoms with Crippen LogP contribution in [0.4, 0.5) is 0 Å². The SMILES string of the molecule is CC(C)C12CCC(CBr)C1C2. The summed E-state index contributed by atoms with van der Waals surface area (Å²) in [6, 6.07) is 0. The molecule has 2 fully saturated rings. The van der Waals surface area contributed by atoms with Gasteiger partial charge in [0.15, 0.2) is 0 Å². The molecule has 0 radical (unpaired) electrons. The zero-order valence-corrected chi connectivity index (χ0v) is 9.02. The second-order valence-corrected chi connectivity index (χ2v) is 5.30. The molecule has 2 aliphatic rings. The lowest BCUT2D eigenvalue weighted by Gasteiger charge is -2.15. The Kier molecular flexibility index (Phi) is 1.83. The third-order valence-corrected chi connectivity index (χ3v) is 4.91. The van der Waals surface area contributed by atoms with Crippen LogP contribution in [0.3, 0.4) is 0 Å². The third-order valence-electron chi connectivity index (χ3n) is 4.08. The predicted octanol–water partition coefficient (Wildman–Crippen LogP) is 3.45. The topological polar surface area (TPSA) is 0 Å². The molecule has 1 heteroatoms. The van der Waals surface area contributed by atoms with Crippen LogP contribution in [-0.2, 0) is 0 Å². The Hall–Kier alpha value is 0.480. The minimum atomic E-state index is 0.804. The van der Waals surface area contributed by atoms with Crippen molar-refractivity contribution in [3.8, 4) is 0 Å². The molecule has 0 aromatic rings. The molecule has 0 saturated heterocycles. The summed E-state index contributed by atoms with van der Waals surface area (Å²) in [7, 11) is 0. The van der Waals surface area contributed by atoms with E-state index in [9.17, 15) is 0 Å². The van der Waals surface area contributed by atoms with Crippen LogP contribution in [0.5, 0.6) is 0 Å². The van der Waals surface area contributed by atoms with Gasteiger partial charge in [0.1, 0.15) is 0 Å². The van der Waals surface area contributed by atoms with Crippen molar-refractivity contribution < 1.29 is 0 Å². The highest BCUT2D eigenvalue weighted by Gasteiger charge is 2.61. The van der Waals surface area contributed by atoms with Crippen molar-refractivity contribution in [2.45, 2.75) is 33.1 Å². The number of fused-ring (bicyclic) bond motifs is 1. The maximum Gasteiger partial charge on any atom is 0.00625 e. The number of hydrogen-bond acceptors (Lipinski definition) is 0. The molecule has 0 bridgehead atoms. The molecule has 2 rings (SSSR count). The molecule has 0 aromatic heterocycles. The fourth-order valence-corrected chi connectivity index (χ4v) is 3.84. The molecule has 0 N–H and O–H groups in total. The lowest BCUT2D eigenvalue weighted by Crippen LogP contribution is -2.08. The smallest absolute Gasteiger partial charge is 0.00625 e. The summed E-state index contributed by atoms with van der Waals surface area (Å²) in [6.45, 7) is 4.80. The van der Waals surface area contributed by atoms with Crippen molar-refractivity contribution in [3.05, 3.63) is 0 Å². The van der Waals surface area contributed by atoms with Crippen molar-refractivity contribution in [3.63, 3.8) is 0 Å². The first-order valence-electron chi connectivity index (χ1n) is 4.76. The zero-order valence-electron chi connectivity index (χ0n) is 7.44. The van der Waals surface area contributed by atoms with E-state index >= 15 is 0 Å². The molecule has 64 valence electrons. The van der Waals surface area contributed by atoms with Crippen LogP contribution in [0, 0.1) is 23.2 Å². The van der Waals surface area contributed by atoms with Crippen LogP contribution in [0.15, 0.2) is 0 Å². The van der Waals surface area contributed by atoms with Crippen LogP contribution in [0.2, 0.25) is 0 Å². The molecular weight excluding hydrogens is 200 g/mol. The van der Waals surface area contributed by atoms with Gasteiger partial charge in [-0.05, 0) is 42.4 Å². The molecular formula is C10H17Br. The van der Waals surface area contributed by atoms with Gasteiger partial charge >= 0.3 is 0 Å². The van der Waals surface area contributed by atoms with E-state index in [1.807, 2.05) is 0 Å². The van der Waals surface area contributed by atoms with E-state index in [0.29, 0.717) is 0 Å². The van der Waals surface area contributed by atoms with Gasteiger partial charge in [-0.1, -0.05) is 29.8 Å². The Morgan fingerprint density at radius 3 is 2.55 bits per heavy atom.